The molecule has 0 saturated heterocycles. The molecule has 26 heavy (non-hydrogen) atoms. The van der Waals surface area contributed by atoms with E-state index in [0.29, 0.717) is 0 Å². The maximum absolute atomic E-state index is 12.5. The van der Waals surface area contributed by atoms with Crippen molar-refractivity contribution in [1.82, 2.24) is 9.36 Å². The summed E-state index contributed by atoms with van der Waals surface area (Å²) in [5.74, 6) is -1.74. The van der Waals surface area contributed by atoms with Crippen LogP contribution in [0.25, 0.3) is 10.6 Å². The highest BCUT2D eigenvalue weighted by molar-refractivity contribution is 7.10. The zero-order valence-electron chi connectivity index (χ0n) is 13.4. The number of carboxylic acid groups (broad SMARTS) is 1. The molecule has 0 spiro atoms. The van der Waals surface area contributed by atoms with E-state index in [0.717, 1.165) is 23.7 Å². The van der Waals surface area contributed by atoms with Crippen molar-refractivity contribution >= 4 is 28.8 Å². The summed E-state index contributed by atoms with van der Waals surface area (Å²) in [5.41, 5.74) is 4.95. The lowest BCUT2D eigenvalue weighted by atomic mass is 10.1. The number of hydrogen-bond acceptors (Lipinski definition) is 6. The standard InChI is InChI=1S/C10H5F3N2O2S.C6H9NS/c11-10(12,13)6-3-1-2-5(4-6)8-14-7(9(16)17)15-18-8;1-5(7)6-3-2-4-8-6/h1-4H,(H,16,17);2-5H,7H2,1H3. The van der Waals surface area contributed by atoms with Gasteiger partial charge in [-0.15, -0.1) is 11.3 Å². The maximum Gasteiger partial charge on any atom is 0.416 e. The molecule has 0 amide bonds. The number of hydrogen-bond donors (Lipinski definition) is 2. The van der Waals surface area contributed by atoms with Gasteiger partial charge in [-0.3, -0.25) is 0 Å². The Kier molecular flexibility index (Phi) is 6.46. The maximum atomic E-state index is 12.5. The lowest BCUT2D eigenvalue weighted by molar-refractivity contribution is -0.137. The number of aromatic nitrogens is 2. The summed E-state index contributed by atoms with van der Waals surface area (Å²) in [4.78, 5) is 15.5. The number of benzene rings is 1. The van der Waals surface area contributed by atoms with Gasteiger partial charge in [-0.05, 0) is 42.0 Å². The van der Waals surface area contributed by atoms with Gasteiger partial charge in [0.25, 0.3) is 5.82 Å². The molecule has 0 aliphatic carbocycles. The van der Waals surface area contributed by atoms with Crippen molar-refractivity contribution in [1.29, 1.82) is 0 Å². The second kappa shape index (κ2) is 8.39. The van der Waals surface area contributed by atoms with Crippen LogP contribution >= 0.6 is 22.9 Å². The van der Waals surface area contributed by atoms with Gasteiger partial charge in [0.05, 0.1) is 5.56 Å². The van der Waals surface area contributed by atoms with Gasteiger partial charge in [0.1, 0.15) is 5.01 Å². The minimum Gasteiger partial charge on any atom is -0.475 e. The molecule has 0 radical (unpaired) electrons. The van der Waals surface area contributed by atoms with Crippen LogP contribution in [-0.2, 0) is 6.18 Å². The van der Waals surface area contributed by atoms with E-state index in [-0.39, 0.29) is 16.6 Å². The van der Waals surface area contributed by atoms with Gasteiger partial charge in [0.2, 0.25) is 0 Å². The average Bonchev–Trinajstić information content (AvgIpc) is 3.27. The summed E-state index contributed by atoms with van der Waals surface area (Å²) in [6, 6.07) is 8.77. The van der Waals surface area contributed by atoms with Crippen LogP contribution in [0.3, 0.4) is 0 Å². The summed E-state index contributed by atoms with van der Waals surface area (Å²) in [6.45, 7) is 1.99. The monoisotopic (exact) mass is 401 g/mol. The number of carboxylic acids is 1. The fraction of sp³-hybridized carbons (Fsp3) is 0.188. The minimum absolute atomic E-state index is 0.138. The number of aromatic carboxylic acids is 1. The Hall–Kier alpha value is -2.30. The first kappa shape index (κ1) is 20.0. The number of nitrogens with zero attached hydrogens (tertiary/aromatic N) is 2. The number of thiophene rings is 1. The molecule has 0 bridgehead atoms. The fourth-order valence-electron chi connectivity index (χ4n) is 1.81. The molecule has 5 nitrogen and oxygen atoms in total. The van der Waals surface area contributed by atoms with Crippen LogP contribution in [0.5, 0.6) is 0 Å². The van der Waals surface area contributed by atoms with Crippen LogP contribution < -0.4 is 5.73 Å². The van der Waals surface area contributed by atoms with Crippen molar-refractivity contribution in [2.24, 2.45) is 5.73 Å². The van der Waals surface area contributed by atoms with Gasteiger partial charge in [-0.25, -0.2) is 9.78 Å². The molecule has 1 unspecified atom stereocenters. The van der Waals surface area contributed by atoms with Crippen LogP contribution in [0.4, 0.5) is 13.2 Å². The smallest absolute Gasteiger partial charge is 0.416 e. The quantitative estimate of drug-likeness (QED) is 0.665. The third-order valence-electron chi connectivity index (χ3n) is 3.05. The zero-order valence-corrected chi connectivity index (χ0v) is 15.0. The SMILES string of the molecule is CC(N)c1cccs1.O=C(O)c1nsc(-c2cccc(C(F)(F)F)c2)n1. The highest BCUT2D eigenvalue weighted by Crippen LogP contribution is 2.32. The van der Waals surface area contributed by atoms with Crippen molar-refractivity contribution in [3.05, 3.63) is 58.0 Å². The first-order chi connectivity index (χ1) is 12.2. The predicted molar refractivity (Wildman–Crippen MR) is 94.2 cm³/mol. The molecule has 1 aromatic carbocycles. The van der Waals surface area contributed by atoms with E-state index in [1.54, 1.807) is 11.3 Å². The van der Waals surface area contributed by atoms with Crippen molar-refractivity contribution < 1.29 is 23.1 Å². The summed E-state index contributed by atoms with van der Waals surface area (Å²) < 4.78 is 41.0. The molecule has 3 rings (SSSR count). The van der Waals surface area contributed by atoms with Crippen LogP contribution in [-0.4, -0.2) is 20.4 Å². The number of alkyl halides is 3. The Morgan fingerprint density at radius 2 is 2.00 bits per heavy atom. The Morgan fingerprint density at radius 1 is 1.27 bits per heavy atom. The molecule has 0 fully saturated rings. The summed E-state index contributed by atoms with van der Waals surface area (Å²) in [7, 11) is 0. The molecule has 3 aromatic rings. The molecular formula is C16H14F3N3O2S2. The van der Waals surface area contributed by atoms with E-state index >= 15 is 0 Å². The Bertz CT molecular complexity index is 862. The van der Waals surface area contributed by atoms with Crippen molar-refractivity contribution in [2.75, 3.05) is 0 Å². The molecular weight excluding hydrogens is 387 g/mol. The molecule has 0 aliphatic heterocycles. The lowest BCUT2D eigenvalue weighted by Crippen LogP contribution is -2.04. The van der Waals surface area contributed by atoms with Gasteiger partial charge in [-0.1, -0.05) is 18.2 Å². The lowest BCUT2D eigenvalue weighted by Gasteiger charge is -2.06. The highest BCUT2D eigenvalue weighted by atomic mass is 32.1. The van der Waals surface area contributed by atoms with Crippen LogP contribution in [0, 0.1) is 0 Å². The molecule has 10 heteroatoms. The van der Waals surface area contributed by atoms with Gasteiger partial charge in [0, 0.05) is 16.5 Å². The summed E-state index contributed by atoms with van der Waals surface area (Å²) >= 11 is 2.45. The third kappa shape index (κ3) is 5.35. The van der Waals surface area contributed by atoms with Crippen LogP contribution in [0.2, 0.25) is 0 Å². The zero-order chi connectivity index (χ0) is 19.3. The van der Waals surface area contributed by atoms with Crippen molar-refractivity contribution in [3.63, 3.8) is 0 Å². The number of rotatable bonds is 3. The molecule has 0 aliphatic rings. The predicted octanol–water partition coefficient (Wildman–Crippen LogP) is 4.69. The van der Waals surface area contributed by atoms with Crippen LogP contribution in [0.1, 0.15) is 34.0 Å². The molecule has 2 aromatic heterocycles. The first-order valence-electron chi connectivity index (χ1n) is 7.22. The highest BCUT2D eigenvalue weighted by Gasteiger charge is 2.30. The summed E-state index contributed by atoms with van der Waals surface area (Å²) in [6.07, 6.45) is -4.45. The normalized spacial score (nSPS) is 12.2. The Labute approximate surface area is 155 Å². The first-order valence-corrected chi connectivity index (χ1v) is 8.87. The van der Waals surface area contributed by atoms with E-state index in [2.05, 4.69) is 15.4 Å². The van der Waals surface area contributed by atoms with Gasteiger partial charge >= 0.3 is 12.1 Å². The largest absolute Gasteiger partial charge is 0.475 e. The average molecular weight is 401 g/mol. The van der Waals surface area contributed by atoms with E-state index in [4.69, 9.17) is 10.8 Å². The number of halogens is 3. The fourth-order valence-corrected chi connectivity index (χ4v) is 3.14. The Balaban J connectivity index is 0.000000254. The topological polar surface area (TPSA) is 89.1 Å². The van der Waals surface area contributed by atoms with E-state index in [9.17, 15) is 18.0 Å². The van der Waals surface area contributed by atoms with E-state index in [1.807, 2.05) is 18.4 Å². The second-order valence-corrected chi connectivity index (χ2v) is 6.84. The van der Waals surface area contributed by atoms with Gasteiger partial charge in [-0.2, -0.15) is 17.5 Å². The van der Waals surface area contributed by atoms with E-state index in [1.165, 1.54) is 17.0 Å². The molecule has 0 saturated carbocycles. The molecule has 1 atom stereocenters. The molecule has 2 heterocycles. The second-order valence-electron chi connectivity index (χ2n) is 5.11. The molecule has 138 valence electrons. The number of nitrogens with two attached hydrogens (primary N) is 1. The van der Waals surface area contributed by atoms with Gasteiger partial charge in [0.15, 0.2) is 0 Å². The summed E-state index contributed by atoms with van der Waals surface area (Å²) in [5, 5.41) is 10.8. The van der Waals surface area contributed by atoms with Crippen molar-refractivity contribution in [2.45, 2.75) is 19.1 Å². The Morgan fingerprint density at radius 3 is 2.46 bits per heavy atom. The van der Waals surface area contributed by atoms with Gasteiger partial charge < -0.3 is 10.8 Å². The minimum atomic E-state index is -4.45. The van der Waals surface area contributed by atoms with Crippen molar-refractivity contribution in [3.8, 4) is 10.6 Å². The third-order valence-corrected chi connectivity index (χ3v) is 4.88. The van der Waals surface area contributed by atoms with Crippen LogP contribution in [0.15, 0.2) is 41.8 Å². The number of carbonyl (C=O) groups is 1. The van der Waals surface area contributed by atoms with E-state index < -0.39 is 23.5 Å². The molecule has 3 N–H and O–H groups in total.